The Kier molecular flexibility index (Phi) is 3.55. The van der Waals surface area contributed by atoms with Crippen molar-refractivity contribution >= 4 is 11.9 Å². The minimum Gasteiger partial charge on any atom is -0.444 e. The third-order valence-corrected chi connectivity index (χ3v) is 2.20. The second-order valence-electron chi connectivity index (χ2n) is 5.07. The molecule has 2 aromatic rings. The summed E-state index contributed by atoms with van der Waals surface area (Å²) >= 11 is 0. The van der Waals surface area contributed by atoms with Gasteiger partial charge >= 0.3 is 6.09 Å². The Labute approximate surface area is 111 Å². The molecule has 19 heavy (non-hydrogen) atoms. The number of hydrogen-bond donors (Lipinski definition) is 1. The monoisotopic (exact) mass is 260 g/mol. The van der Waals surface area contributed by atoms with Gasteiger partial charge in [0, 0.05) is 11.6 Å². The number of carbonyl (C=O) groups excluding carboxylic acids is 1. The van der Waals surface area contributed by atoms with Crippen LogP contribution in [-0.4, -0.2) is 16.9 Å². The van der Waals surface area contributed by atoms with Crippen molar-refractivity contribution < 1.29 is 14.1 Å². The van der Waals surface area contributed by atoms with Crippen molar-refractivity contribution in [1.29, 1.82) is 0 Å². The van der Waals surface area contributed by atoms with Crippen molar-refractivity contribution in [1.82, 2.24) is 5.16 Å². The summed E-state index contributed by atoms with van der Waals surface area (Å²) in [5, 5.41) is 6.30. The minimum atomic E-state index is -0.555. The highest BCUT2D eigenvalue weighted by molar-refractivity contribution is 5.84. The Bertz CT molecular complexity index is 556. The van der Waals surface area contributed by atoms with E-state index in [1.54, 1.807) is 26.8 Å². The van der Waals surface area contributed by atoms with Crippen LogP contribution in [0, 0.1) is 0 Å². The molecule has 0 aliphatic carbocycles. The number of aromatic nitrogens is 1. The molecule has 2 rings (SSSR count). The molecule has 0 saturated heterocycles. The third kappa shape index (κ3) is 3.84. The molecule has 0 spiro atoms. The van der Waals surface area contributed by atoms with Crippen molar-refractivity contribution in [2.45, 2.75) is 26.4 Å². The summed E-state index contributed by atoms with van der Waals surface area (Å²) in [5.41, 5.74) is 0.350. The second-order valence-corrected chi connectivity index (χ2v) is 5.07. The molecule has 5 nitrogen and oxygen atoms in total. The first-order valence-electron chi connectivity index (χ1n) is 5.96. The fourth-order valence-corrected chi connectivity index (χ4v) is 1.48. The van der Waals surface area contributed by atoms with E-state index in [2.05, 4.69) is 10.5 Å². The van der Waals surface area contributed by atoms with Crippen LogP contribution < -0.4 is 5.32 Å². The van der Waals surface area contributed by atoms with Crippen LogP contribution in [-0.2, 0) is 4.74 Å². The van der Waals surface area contributed by atoms with Crippen LogP contribution in [0.25, 0.3) is 11.3 Å². The van der Waals surface area contributed by atoms with Crippen LogP contribution in [0.3, 0.4) is 0 Å². The fraction of sp³-hybridized carbons (Fsp3) is 0.286. The zero-order valence-electron chi connectivity index (χ0n) is 11.1. The molecular formula is C14H16N2O3. The highest BCUT2D eigenvalue weighted by atomic mass is 16.6. The topological polar surface area (TPSA) is 64.4 Å². The van der Waals surface area contributed by atoms with Gasteiger partial charge in [0.15, 0.2) is 11.6 Å². The zero-order chi connectivity index (χ0) is 13.9. The lowest BCUT2D eigenvalue weighted by molar-refractivity contribution is 0.0634. The number of nitrogens with one attached hydrogen (secondary N) is 1. The van der Waals surface area contributed by atoms with Crippen molar-refractivity contribution in [3.05, 3.63) is 36.4 Å². The minimum absolute atomic E-state index is 0.327. The first-order chi connectivity index (χ1) is 8.94. The molecule has 0 unspecified atom stereocenters. The fourth-order valence-electron chi connectivity index (χ4n) is 1.48. The van der Waals surface area contributed by atoms with Crippen molar-refractivity contribution in [3.8, 4) is 11.3 Å². The second kappa shape index (κ2) is 5.14. The Hall–Kier alpha value is -2.30. The lowest BCUT2D eigenvalue weighted by Gasteiger charge is -2.18. The van der Waals surface area contributed by atoms with Crippen LogP contribution in [0.2, 0.25) is 0 Å². The first-order valence-corrected chi connectivity index (χ1v) is 5.96. The molecule has 1 aromatic heterocycles. The van der Waals surface area contributed by atoms with Gasteiger partial charge in [0.2, 0.25) is 0 Å². The van der Waals surface area contributed by atoms with E-state index in [0.717, 1.165) is 5.56 Å². The summed E-state index contributed by atoms with van der Waals surface area (Å²) in [4.78, 5) is 11.6. The van der Waals surface area contributed by atoms with E-state index in [0.29, 0.717) is 11.6 Å². The number of benzene rings is 1. The average molecular weight is 260 g/mol. The maximum absolute atomic E-state index is 11.6. The average Bonchev–Trinajstić information content (AvgIpc) is 2.76. The summed E-state index contributed by atoms with van der Waals surface area (Å²) in [6.07, 6.45) is -0.555. The lowest BCUT2D eigenvalue weighted by Crippen LogP contribution is -2.27. The van der Waals surface area contributed by atoms with E-state index in [1.165, 1.54) is 0 Å². The third-order valence-electron chi connectivity index (χ3n) is 2.20. The van der Waals surface area contributed by atoms with Gasteiger partial charge < -0.3 is 9.26 Å². The SMILES string of the molecule is CC(C)(C)OC(=O)Nc1cc(-c2ccccc2)on1. The predicted octanol–water partition coefficient (Wildman–Crippen LogP) is 3.69. The normalized spacial score (nSPS) is 11.1. The number of carbonyl (C=O) groups is 1. The molecule has 0 saturated carbocycles. The number of nitrogens with zero attached hydrogens (tertiary/aromatic N) is 1. The number of ether oxygens (including phenoxy) is 1. The molecule has 1 N–H and O–H groups in total. The van der Waals surface area contributed by atoms with E-state index in [4.69, 9.17) is 9.26 Å². The van der Waals surface area contributed by atoms with Crippen LogP contribution in [0.15, 0.2) is 40.9 Å². The van der Waals surface area contributed by atoms with E-state index < -0.39 is 11.7 Å². The standard InChI is InChI=1S/C14H16N2O3/c1-14(2,3)18-13(17)15-12-9-11(19-16-12)10-7-5-4-6-8-10/h4-9H,1-3H3,(H,15,16,17). The number of amides is 1. The number of rotatable bonds is 2. The largest absolute Gasteiger partial charge is 0.444 e. The van der Waals surface area contributed by atoms with Crippen molar-refractivity contribution in [2.24, 2.45) is 0 Å². The maximum atomic E-state index is 11.6. The molecule has 0 aliphatic rings. The Morgan fingerprint density at radius 1 is 1.26 bits per heavy atom. The number of anilines is 1. The molecular weight excluding hydrogens is 244 g/mol. The van der Waals surface area contributed by atoms with Crippen molar-refractivity contribution in [3.63, 3.8) is 0 Å². The van der Waals surface area contributed by atoms with Gasteiger partial charge in [0.1, 0.15) is 5.60 Å². The van der Waals surface area contributed by atoms with Crippen LogP contribution in [0.5, 0.6) is 0 Å². The Morgan fingerprint density at radius 3 is 2.58 bits per heavy atom. The summed E-state index contributed by atoms with van der Waals surface area (Å²) in [7, 11) is 0. The molecule has 0 aliphatic heterocycles. The van der Waals surface area contributed by atoms with Gasteiger partial charge in [-0.2, -0.15) is 0 Å². The van der Waals surface area contributed by atoms with Gasteiger partial charge in [0.05, 0.1) is 0 Å². The smallest absolute Gasteiger partial charge is 0.413 e. The summed E-state index contributed by atoms with van der Waals surface area (Å²) in [5.74, 6) is 0.916. The van der Waals surface area contributed by atoms with Gasteiger partial charge in [-0.25, -0.2) is 4.79 Å². The zero-order valence-corrected chi connectivity index (χ0v) is 11.1. The maximum Gasteiger partial charge on any atom is 0.413 e. The van der Waals surface area contributed by atoms with Gasteiger partial charge in [-0.1, -0.05) is 35.5 Å². The molecule has 100 valence electrons. The molecule has 0 fully saturated rings. The predicted molar refractivity (Wildman–Crippen MR) is 71.8 cm³/mol. The van der Waals surface area contributed by atoms with E-state index in [1.807, 2.05) is 30.3 Å². The van der Waals surface area contributed by atoms with E-state index in [-0.39, 0.29) is 0 Å². The van der Waals surface area contributed by atoms with Crippen LogP contribution in [0.1, 0.15) is 20.8 Å². The van der Waals surface area contributed by atoms with E-state index >= 15 is 0 Å². The number of hydrogen-bond acceptors (Lipinski definition) is 4. The molecule has 5 heteroatoms. The van der Waals surface area contributed by atoms with Gasteiger partial charge in [-0.15, -0.1) is 0 Å². The highest BCUT2D eigenvalue weighted by Gasteiger charge is 2.17. The molecule has 0 bridgehead atoms. The van der Waals surface area contributed by atoms with Crippen LogP contribution in [0.4, 0.5) is 10.6 Å². The molecule has 1 aromatic carbocycles. The molecule has 0 radical (unpaired) electrons. The quantitative estimate of drug-likeness (QED) is 0.894. The summed E-state index contributed by atoms with van der Waals surface area (Å²) in [6.45, 7) is 5.39. The first kappa shape index (κ1) is 13.1. The molecule has 1 amide bonds. The van der Waals surface area contributed by atoms with Crippen LogP contribution >= 0.6 is 0 Å². The van der Waals surface area contributed by atoms with Gasteiger partial charge in [-0.05, 0) is 20.8 Å². The Balaban J connectivity index is 2.04. The van der Waals surface area contributed by atoms with Gasteiger partial charge in [0.25, 0.3) is 0 Å². The summed E-state index contributed by atoms with van der Waals surface area (Å²) < 4.78 is 10.3. The highest BCUT2D eigenvalue weighted by Crippen LogP contribution is 2.22. The summed E-state index contributed by atoms with van der Waals surface area (Å²) in [6, 6.07) is 11.2. The molecule has 0 atom stereocenters. The van der Waals surface area contributed by atoms with Crippen molar-refractivity contribution in [2.75, 3.05) is 5.32 Å². The van der Waals surface area contributed by atoms with Gasteiger partial charge in [-0.3, -0.25) is 5.32 Å². The lowest BCUT2D eigenvalue weighted by atomic mass is 10.2. The van der Waals surface area contributed by atoms with E-state index in [9.17, 15) is 4.79 Å². The molecule has 1 heterocycles. The Morgan fingerprint density at radius 2 is 1.95 bits per heavy atom.